The van der Waals surface area contributed by atoms with Crippen LogP contribution in [-0.2, 0) is 17.9 Å². The molecule has 0 saturated heterocycles. The van der Waals surface area contributed by atoms with Crippen molar-refractivity contribution < 1.29 is 9.53 Å². The van der Waals surface area contributed by atoms with Gasteiger partial charge < -0.3 is 15.0 Å². The molecule has 0 aliphatic carbocycles. The lowest BCUT2D eigenvalue weighted by atomic mass is 10.1. The van der Waals surface area contributed by atoms with Crippen molar-refractivity contribution in [2.24, 2.45) is 0 Å². The minimum atomic E-state index is -0.177. The van der Waals surface area contributed by atoms with Crippen LogP contribution in [0.15, 0.2) is 42.6 Å². The maximum atomic E-state index is 12.0. The number of hydrogen-bond donors (Lipinski definition) is 2. The predicted octanol–water partition coefficient (Wildman–Crippen LogP) is 2.82. The number of benzene rings is 1. The monoisotopic (exact) mass is 288 g/mol. The molecule has 0 atom stereocenters. The molecule has 1 heterocycles. The number of H-pyrrole nitrogens is 1. The van der Waals surface area contributed by atoms with Crippen molar-refractivity contribution in [3.05, 3.63) is 63.9 Å². The van der Waals surface area contributed by atoms with Crippen molar-refractivity contribution in [2.45, 2.75) is 13.2 Å². The van der Waals surface area contributed by atoms with E-state index >= 15 is 0 Å². The molecule has 2 N–H and O–H groups in total. The first-order chi connectivity index (χ1) is 9.70. The van der Waals surface area contributed by atoms with Crippen LogP contribution in [0.2, 0.25) is 0 Å². The summed E-state index contributed by atoms with van der Waals surface area (Å²) in [5.41, 5.74) is 2.59. The maximum Gasteiger partial charge on any atom is 0.254 e. The number of hydrogen-bond acceptors (Lipinski definition) is 3. The standard InChI is InChI=1S/C15H16N2O2S/c1-19-10-12-5-2-4-11(8-12)9-17-14(18)13-6-3-7-16-15(13)20/h2-8H,9-10H2,1H3,(H,16,20)(H,17,18). The van der Waals surface area contributed by atoms with E-state index in [1.807, 2.05) is 24.3 Å². The summed E-state index contributed by atoms with van der Waals surface area (Å²) >= 11 is 5.08. The highest BCUT2D eigenvalue weighted by atomic mass is 32.1. The van der Waals surface area contributed by atoms with Crippen LogP contribution in [0.4, 0.5) is 0 Å². The zero-order valence-corrected chi connectivity index (χ0v) is 12.0. The Morgan fingerprint density at radius 2 is 2.10 bits per heavy atom. The number of nitrogens with one attached hydrogen (secondary N) is 2. The van der Waals surface area contributed by atoms with Crippen LogP contribution in [0.3, 0.4) is 0 Å². The van der Waals surface area contributed by atoms with E-state index < -0.39 is 0 Å². The SMILES string of the molecule is COCc1cccc(CNC(=O)c2ccc[nH]c2=S)c1. The lowest BCUT2D eigenvalue weighted by Gasteiger charge is -2.07. The van der Waals surface area contributed by atoms with Gasteiger partial charge in [0.15, 0.2) is 0 Å². The summed E-state index contributed by atoms with van der Waals surface area (Å²) in [4.78, 5) is 14.9. The molecule has 0 unspecified atom stereocenters. The molecule has 104 valence electrons. The summed E-state index contributed by atoms with van der Waals surface area (Å²) in [6, 6.07) is 11.4. The Morgan fingerprint density at radius 1 is 1.30 bits per heavy atom. The fourth-order valence-electron chi connectivity index (χ4n) is 1.87. The summed E-state index contributed by atoms with van der Waals surface area (Å²) in [5, 5.41) is 2.86. The summed E-state index contributed by atoms with van der Waals surface area (Å²) in [7, 11) is 1.66. The van der Waals surface area contributed by atoms with Crippen molar-refractivity contribution in [1.29, 1.82) is 0 Å². The van der Waals surface area contributed by atoms with Gasteiger partial charge in [-0.15, -0.1) is 0 Å². The molecular weight excluding hydrogens is 272 g/mol. The molecule has 0 saturated carbocycles. The number of ether oxygens (including phenoxy) is 1. The van der Waals surface area contributed by atoms with E-state index in [9.17, 15) is 4.79 Å². The molecule has 0 aliphatic heterocycles. The molecule has 2 aromatic rings. The number of rotatable bonds is 5. The average Bonchev–Trinajstić information content (AvgIpc) is 2.46. The van der Waals surface area contributed by atoms with Crippen LogP contribution >= 0.6 is 12.2 Å². The smallest absolute Gasteiger partial charge is 0.254 e. The Morgan fingerprint density at radius 3 is 2.85 bits per heavy atom. The van der Waals surface area contributed by atoms with Crippen molar-refractivity contribution in [1.82, 2.24) is 10.3 Å². The fraction of sp³-hybridized carbons (Fsp3) is 0.200. The van der Waals surface area contributed by atoms with Crippen LogP contribution in [0.25, 0.3) is 0 Å². The van der Waals surface area contributed by atoms with Crippen LogP contribution in [0, 0.1) is 4.64 Å². The third-order valence-electron chi connectivity index (χ3n) is 2.82. The van der Waals surface area contributed by atoms with Gasteiger partial charge in [-0.25, -0.2) is 0 Å². The van der Waals surface area contributed by atoms with E-state index in [0.29, 0.717) is 23.4 Å². The lowest BCUT2D eigenvalue weighted by Crippen LogP contribution is -2.23. The van der Waals surface area contributed by atoms with E-state index in [2.05, 4.69) is 10.3 Å². The number of carbonyl (C=O) groups is 1. The van der Waals surface area contributed by atoms with Crippen molar-refractivity contribution in [2.75, 3.05) is 7.11 Å². The highest BCUT2D eigenvalue weighted by Crippen LogP contribution is 2.07. The molecule has 1 aromatic carbocycles. The Hall–Kier alpha value is -1.98. The first-order valence-corrected chi connectivity index (χ1v) is 6.64. The van der Waals surface area contributed by atoms with E-state index in [-0.39, 0.29) is 5.91 Å². The predicted molar refractivity (Wildman–Crippen MR) is 80.0 cm³/mol. The summed E-state index contributed by atoms with van der Waals surface area (Å²) in [6.45, 7) is 1.02. The summed E-state index contributed by atoms with van der Waals surface area (Å²) < 4.78 is 5.53. The summed E-state index contributed by atoms with van der Waals surface area (Å²) in [5.74, 6) is -0.177. The van der Waals surface area contributed by atoms with Gasteiger partial charge in [-0.05, 0) is 23.3 Å². The van der Waals surface area contributed by atoms with Gasteiger partial charge in [0.1, 0.15) is 4.64 Å². The number of carbonyl (C=O) groups excluding carboxylic acids is 1. The van der Waals surface area contributed by atoms with Crippen molar-refractivity contribution in [3.63, 3.8) is 0 Å². The van der Waals surface area contributed by atoms with Crippen LogP contribution < -0.4 is 5.32 Å². The maximum absolute atomic E-state index is 12.0. The van der Waals surface area contributed by atoms with Gasteiger partial charge in [0.25, 0.3) is 5.91 Å². The van der Waals surface area contributed by atoms with Gasteiger partial charge in [-0.3, -0.25) is 4.79 Å². The van der Waals surface area contributed by atoms with E-state index in [0.717, 1.165) is 11.1 Å². The number of methoxy groups -OCH3 is 1. The molecule has 0 bridgehead atoms. The van der Waals surface area contributed by atoms with Crippen molar-refractivity contribution in [3.8, 4) is 0 Å². The molecule has 4 nitrogen and oxygen atoms in total. The Labute approximate surface area is 122 Å². The number of amides is 1. The molecule has 0 fully saturated rings. The third-order valence-corrected chi connectivity index (χ3v) is 3.16. The molecule has 1 amide bonds. The second-order valence-electron chi connectivity index (χ2n) is 4.35. The highest BCUT2D eigenvalue weighted by molar-refractivity contribution is 7.71. The van der Waals surface area contributed by atoms with Gasteiger partial charge in [-0.2, -0.15) is 0 Å². The Balaban J connectivity index is 2.02. The molecule has 0 aliphatic rings. The normalized spacial score (nSPS) is 10.2. The summed E-state index contributed by atoms with van der Waals surface area (Å²) in [6.07, 6.45) is 1.70. The molecule has 20 heavy (non-hydrogen) atoms. The minimum Gasteiger partial charge on any atom is -0.380 e. The Kier molecular flexibility index (Phi) is 5.03. The topological polar surface area (TPSA) is 54.1 Å². The van der Waals surface area contributed by atoms with Gasteiger partial charge >= 0.3 is 0 Å². The minimum absolute atomic E-state index is 0.177. The van der Waals surface area contributed by atoms with Crippen LogP contribution in [0.1, 0.15) is 21.5 Å². The van der Waals surface area contributed by atoms with Gasteiger partial charge in [0.2, 0.25) is 0 Å². The van der Waals surface area contributed by atoms with Crippen molar-refractivity contribution >= 4 is 18.1 Å². The Bertz CT molecular complexity index is 652. The fourth-order valence-corrected chi connectivity index (χ4v) is 2.10. The van der Waals surface area contributed by atoms with E-state index in [4.69, 9.17) is 17.0 Å². The van der Waals surface area contributed by atoms with Crippen LogP contribution in [0.5, 0.6) is 0 Å². The molecule has 5 heteroatoms. The number of aromatic nitrogens is 1. The molecule has 0 spiro atoms. The highest BCUT2D eigenvalue weighted by Gasteiger charge is 2.06. The lowest BCUT2D eigenvalue weighted by molar-refractivity contribution is 0.0950. The second kappa shape index (κ2) is 6.98. The van der Waals surface area contributed by atoms with Gasteiger partial charge in [0.05, 0.1) is 12.2 Å². The quantitative estimate of drug-likeness (QED) is 0.832. The third kappa shape index (κ3) is 3.76. The zero-order chi connectivity index (χ0) is 14.4. The first kappa shape index (κ1) is 14.4. The number of pyridine rings is 1. The second-order valence-corrected chi connectivity index (χ2v) is 4.76. The largest absolute Gasteiger partial charge is 0.380 e. The zero-order valence-electron chi connectivity index (χ0n) is 11.2. The van der Waals surface area contributed by atoms with E-state index in [1.54, 1.807) is 25.4 Å². The van der Waals surface area contributed by atoms with E-state index in [1.165, 1.54) is 0 Å². The molecular formula is C15H16N2O2S. The van der Waals surface area contributed by atoms with Gasteiger partial charge in [-0.1, -0.05) is 36.5 Å². The first-order valence-electron chi connectivity index (χ1n) is 6.23. The average molecular weight is 288 g/mol. The number of aromatic amines is 1. The molecule has 0 radical (unpaired) electrons. The van der Waals surface area contributed by atoms with Crippen LogP contribution in [-0.4, -0.2) is 18.0 Å². The molecule has 1 aromatic heterocycles. The molecule has 2 rings (SSSR count). The van der Waals surface area contributed by atoms with Gasteiger partial charge in [0, 0.05) is 19.9 Å².